The molecule has 1 aromatic heterocycles. The van der Waals surface area contributed by atoms with Crippen LogP contribution in [-0.4, -0.2) is 15.7 Å². The first kappa shape index (κ1) is 15.6. The van der Waals surface area contributed by atoms with E-state index in [1.165, 1.54) is 6.07 Å². The molecule has 0 aliphatic carbocycles. The molecule has 1 amide bonds. The van der Waals surface area contributed by atoms with Gasteiger partial charge in [0.25, 0.3) is 0 Å². The van der Waals surface area contributed by atoms with Crippen LogP contribution in [0, 0.1) is 5.82 Å². The number of halogens is 1. The van der Waals surface area contributed by atoms with Crippen LogP contribution in [0.1, 0.15) is 17.5 Å². The Morgan fingerprint density at radius 1 is 1.12 bits per heavy atom. The summed E-state index contributed by atoms with van der Waals surface area (Å²) in [4.78, 5) is 14.0. The molecule has 1 aliphatic rings. The number of amides is 1. The average molecular weight is 335 g/mol. The lowest BCUT2D eigenvalue weighted by Crippen LogP contribution is -2.34. The Morgan fingerprint density at radius 3 is 2.72 bits per heavy atom. The van der Waals surface area contributed by atoms with Crippen LogP contribution in [0.5, 0.6) is 0 Å². The molecule has 0 unspecified atom stereocenters. The van der Waals surface area contributed by atoms with E-state index < -0.39 is 0 Å². The summed E-state index contributed by atoms with van der Waals surface area (Å²) in [5.74, 6) is -0.272. The largest absolute Gasteiger partial charge is 0.308 e. The SMILES string of the molecule is Cn1cc(-c2ccc(CN3C(=O)CCc4ccccc43)c(F)c2)cn1. The molecule has 0 atom stereocenters. The topological polar surface area (TPSA) is 38.1 Å². The number of benzene rings is 2. The number of carbonyl (C=O) groups excluding carboxylic acids is 1. The second kappa shape index (κ2) is 6.16. The van der Waals surface area contributed by atoms with E-state index >= 15 is 0 Å². The van der Waals surface area contributed by atoms with Crippen molar-refractivity contribution in [3.63, 3.8) is 0 Å². The van der Waals surface area contributed by atoms with Gasteiger partial charge >= 0.3 is 0 Å². The standard InChI is InChI=1S/C20H18FN3O/c1-23-12-17(11-22-23)15-6-7-16(18(21)10-15)13-24-19-5-3-2-4-14(19)8-9-20(24)25/h2-7,10-12H,8-9,13H2,1H3. The summed E-state index contributed by atoms with van der Waals surface area (Å²) in [6.45, 7) is 0.245. The van der Waals surface area contributed by atoms with Crippen molar-refractivity contribution in [2.75, 3.05) is 4.90 Å². The Hall–Kier alpha value is -2.95. The van der Waals surface area contributed by atoms with Crippen molar-refractivity contribution in [3.8, 4) is 11.1 Å². The lowest BCUT2D eigenvalue weighted by Gasteiger charge is -2.29. The molecule has 1 aliphatic heterocycles. The highest BCUT2D eigenvalue weighted by atomic mass is 19.1. The highest BCUT2D eigenvalue weighted by molar-refractivity contribution is 5.96. The van der Waals surface area contributed by atoms with Gasteiger partial charge < -0.3 is 4.90 Å². The van der Waals surface area contributed by atoms with E-state index in [-0.39, 0.29) is 18.3 Å². The Kier molecular flexibility index (Phi) is 3.84. The third-order valence-corrected chi connectivity index (χ3v) is 4.61. The molecule has 5 heteroatoms. The molecule has 0 spiro atoms. The monoisotopic (exact) mass is 335 g/mol. The van der Waals surface area contributed by atoms with Crippen LogP contribution >= 0.6 is 0 Å². The molecule has 25 heavy (non-hydrogen) atoms. The van der Waals surface area contributed by atoms with Gasteiger partial charge in [0.1, 0.15) is 5.82 Å². The Balaban J connectivity index is 1.64. The van der Waals surface area contributed by atoms with Crippen LogP contribution in [0.25, 0.3) is 11.1 Å². The minimum atomic E-state index is -0.308. The minimum Gasteiger partial charge on any atom is -0.308 e. The molecule has 0 bridgehead atoms. The van der Waals surface area contributed by atoms with E-state index in [0.29, 0.717) is 12.0 Å². The van der Waals surface area contributed by atoms with Crippen molar-refractivity contribution in [1.82, 2.24) is 9.78 Å². The minimum absolute atomic E-state index is 0.0365. The fourth-order valence-electron chi connectivity index (χ4n) is 3.27. The molecule has 2 heterocycles. The van der Waals surface area contributed by atoms with Crippen LogP contribution in [-0.2, 0) is 24.8 Å². The van der Waals surface area contributed by atoms with E-state index in [0.717, 1.165) is 28.8 Å². The molecule has 126 valence electrons. The van der Waals surface area contributed by atoms with Crippen LogP contribution in [0.2, 0.25) is 0 Å². The molecule has 0 saturated carbocycles. The lowest BCUT2D eigenvalue weighted by atomic mass is 10.00. The number of fused-ring (bicyclic) bond motifs is 1. The van der Waals surface area contributed by atoms with Crippen molar-refractivity contribution < 1.29 is 9.18 Å². The maximum absolute atomic E-state index is 14.6. The molecule has 4 rings (SSSR count). The van der Waals surface area contributed by atoms with Crippen molar-refractivity contribution >= 4 is 11.6 Å². The fourth-order valence-corrected chi connectivity index (χ4v) is 3.27. The maximum atomic E-state index is 14.6. The lowest BCUT2D eigenvalue weighted by molar-refractivity contribution is -0.119. The van der Waals surface area contributed by atoms with E-state index in [1.807, 2.05) is 43.6 Å². The number of aryl methyl sites for hydroxylation is 2. The molecule has 0 N–H and O–H groups in total. The van der Waals surface area contributed by atoms with Gasteiger partial charge in [-0.2, -0.15) is 5.10 Å². The summed E-state index contributed by atoms with van der Waals surface area (Å²) in [5.41, 5.74) is 4.17. The second-order valence-electron chi connectivity index (χ2n) is 6.32. The second-order valence-corrected chi connectivity index (χ2v) is 6.32. The van der Waals surface area contributed by atoms with Crippen molar-refractivity contribution in [2.24, 2.45) is 7.05 Å². The van der Waals surface area contributed by atoms with Gasteiger partial charge in [0.15, 0.2) is 0 Å². The van der Waals surface area contributed by atoms with Crippen molar-refractivity contribution in [3.05, 3.63) is 71.8 Å². The normalized spacial score (nSPS) is 13.8. The number of carbonyl (C=O) groups is 1. The molecule has 0 radical (unpaired) electrons. The summed E-state index contributed by atoms with van der Waals surface area (Å²) < 4.78 is 16.3. The van der Waals surface area contributed by atoms with E-state index in [9.17, 15) is 9.18 Å². The molecule has 4 nitrogen and oxygen atoms in total. The zero-order valence-corrected chi connectivity index (χ0v) is 13.9. The van der Waals surface area contributed by atoms with Gasteiger partial charge in [-0.25, -0.2) is 4.39 Å². The van der Waals surface area contributed by atoms with E-state index in [4.69, 9.17) is 0 Å². The van der Waals surface area contributed by atoms with Gasteiger partial charge in [-0.15, -0.1) is 0 Å². The molecular weight excluding hydrogens is 317 g/mol. The number of rotatable bonds is 3. The summed E-state index contributed by atoms with van der Waals surface area (Å²) in [5, 5.41) is 4.11. The number of nitrogens with zero attached hydrogens (tertiary/aromatic N) is 3. The molecule has 0 saturated heterocycles. The van der Waals surface area contributed by atoms with Crippen molar-refractivity contribution in [2.45, 2.75) is 19.4 Å². The predicted molar refractivity (Wildman–Crippen MR) is 94.6 cm³/mol. The number of hydrogen-bond acceptors (Lipinski definition) is 2. The summed E-state index contributed by atoms with van der Waals surface area (Å²) in [6.07, 6.45) is 4.76. The summed E-state index contributed by atoms with van der Waals surface area (Å²) >= 11 is 0. The third kappa shape index (κ3) is 2.93. The zero-order chi connectivity index (χ0) is 17.4. The Bertz CT molecular complexity index is 948. The third-order valence-electron chi connectivity index (χ3n) is 4.61. The fraction of sp³-hybridized carbons (Fsp3) is 0.200. The number of hydrogen-bond donors (Lipinski definition) is 0. The Labute approximate surface area is 145 Å². The predicted octanol–water partition coefficient (Wildman–Crippen LogP) is 3.71. The van der Waals surface area contributed by atoms with Crippen LogP contribution in [0.3, 0.4) is 0 Å². The van der Waals surface area contributed by atoms with Gasteiger partial charge in [-0.05, 0) is 29.7 Å². The molecule has 3 aromatic rings. The van der Waals surface area contributed by atoms with Gasteiger partial charge in [0, 0.05) is 36.5 Å². The molecule has 2 aromatic carbocycles. The number of aromatic nitrogens is 2. The quantitative estimate of drug-likeness (QED) is 0.732. The van der Waals surface area contributed by atoms with E-state index in [1.54, 1.807) is 21.8 Å². The highest BCUT2D eigenvalue weighted by Crippen LogP contribution is 2.30. The zero-order valence-electron chi connectivity index (χ0n) is 13.9. The molecule has 0 fully saturated rings. The highest BCUT2D eigenvalue weighted by Gasteiger charge is 2.24. The van der Waals surface area contributed by atoms with Crippen LogP contribution < -0.4 is 4.90 Å². The van der Waals surface area contributed by atoms with Gasteiger partial charge in [-0.1, -0.05) is 30.3 Å². The first-order chi connectivity index (χ1) is 12.1. The van der Waals surface area contributed by atoms with Crippen molar-refractivity contribution in [1.29, 1.82) is 0 Å². The van der Waals surface area contributed by atoms with Gasteiger partial charge in [0.2, 0.25) is 5.91 Å². The van der Waals surface area contributed by atoms with Crippen LogP contribution in [0.4, 0.5) is 10.1 Å². The smallest absolute Gasteiger partial charge is 0.227 e. The summed E-state index contributed by atoms with van der Waals surface area (Å²) in [7, 11) is 1.83. The van der Waals surface area contributed by atoms with Gasteiger partial charge in [0.05, 0.1) is 12.7 Å². The maximum Gasteiger partial charge on any atom is 0.227 e. The number of anilines is 1. The first-order valence-electron chi connectivity index (χ1n) is 8.27. The van der Waals surface area contributed by atoms with Crippen LogP contribution in [0.15, 0.2) is 54.9 Å². The van der Waals surface area contributed by atoms with E-state index in [2.05, 4.69) is 5.10 Å². The summed E-state index contributed by atoms with van der Waals surface area (Å²) in [6, 6.07) is 13.0. The Morgan fingerprint density at radius 2 is 1.96 bits per heavy atom. The average Bonchev–Trinajstić information content (AvgIpc) is 3.05. The first-order valence-corrected chi connectivity index (χ1v) is 8.27. The van der Waals surface area contributed by atoms with Gasteiger partial charge in [-0.3, -0.25) is 9.48 Å². The molecular formula is C20H18FN3O. The number of para-hydroxylation sites is 1.